The first-order valence-electron chi connectivity index (χ1n) is 8.56. The zero-order valence-electron chi connectivity index (χ0n) is 14.8. The fourth-order valence-corrected chi connectivity index (χ4v) is 3.80. The van der Waals surface area contributed by atoms with E-state index in [9.17, 15) is 9.59 Å². The van der Waals surface area contributed by atoms with Gasteiger partial charge in [0.1, 0.15) is 11.5 Å². The lowest BCUT2D eigenvalue weighted by Gasteiger charge is -2.11. The van der Waals surface area contributed by atoms with Crippen molar-refractivity contribution in [2.45, 2.75) is 12.3 Å². The maximum atomic E-state index is 12.7. The predicted octanol–water partition coefficient (Wildman–Crippen LogP) is 5.56. The number of benzene rings is 2. The van der Waals surface area contributed by atoms with E-state index in [1.807, 2.05) is 23.6 Å². The normalized spacial score (nSPS) is 15.2. The van der Waals surface area contributed by atoms with Gasteiger partial charge in [0.2, 0.25) is 5.78 Å². The van der Waals surface area contributed by atoms with E-state index in [0.29, 0.717) is 22.4 Å². The van der Waals surface area contributed by atoms with Crippen LogP contribution in [0.1, 0.15) is 31.7 Å². The minimum atomic E-state index is -0.924. The first-order chi connectivity index (χ1) is 13.5. The number of thiophene rings is 1. The molecule has 6 heteroatoms. The van der Waals surface area contributed by atoms with Crippen LogP contribution >= 0.6 is 22.9 Å². The van der Waals surface area contributed by atoms with Crippen LogP contribution < -0.4 is 9.47 Å². The van der Waals surface area contributed by atoms with Crippen molar-refractivity contribution in [1.82, 2.24) is 0 Å². The molecular weight excluding hydrogens is 396 g/mol. The van der Waals surface area contributed by atoms with Crippen molar-refractivity contribution in [3.05, 3.63) is 87.3 Å². The van der Waals surface area contributed by atoms with Gasteiger partial charge >= 0.3 is 5.97 Å². The highest BCUT2D eigenvalue weighted by Crippen LogP contribution is 2.38. The summed E-state index contributed by atoms with van der Waals surface area (Å²) in [5.74, 6) is 0.141. The third-order valence-corrected chi connectivity index (χ3v) is 5.53. The van der Waals surface area contributed by atoms with Gasteiger partial charge in [-0.2, -0.15) is 0 Å². The summed E-state index contributed by atoms with van der Waals surface area (Å²) in [5, 5.41) is 1.00. The number of allylic oxidation sites excluding steroid dienone is 1. The Morgan fingerprint density at radius 3 is 2.68 bits per heavy atom. The van der Waals surface area contributed by atoms with E-state index in [1.165, 1.54) is 11.3 Å². The number of carbonyl (C=O) groups is 2. The molecule has 2 aromatic carbocycles. The lowest BCUT2D eigenvalue weighted by Crippen LogP contribution is -2.14. The summed E-state index contributed by atoms with van der Waals surface area (Å²) in [4.78, 5) is 26.0. The summed E-state index contributed by atoms with van der Waals surface area (Å²) in [7, 11) is 0. The number of alkyl halides is 1. The number of aryl methyl sites for hydroxylation is 1. The SMILES string of the molecule is Cc1cc(OC(=O)C(Cl)c2ccccc2)cc2c1C(=O)/C(=C/c1cccs1)O2. The third kappa shape index (κ3) is 3.59. The van der Waals surface area contributed by atoms with Crippen molar-refractivity contribution in [2.75, 3.05) is 0 Å². The lowest BCUT2D eigenvalue weighted by molar-refractivity contribution is -0.134. The van der Waals surface area contributed by atoms with Crippen LogP contribution in [0.2, 0.25) is 0 Å². The molecule has 0 amide bonds. The van der Waals surface area contributed by atoms with Crippen LogP contribution in [0, 0.1) is 6.92 Å². The van der Waals surface area contributed by atoms with Gasteiger partial charge in [0.05, 0.1) is 5.56 Å². The van der Waals surface area contributed by atoms with Crippen LogP contribution in [0.4, 0.5) is 0 Å². The Bertz CT molecular complexity index is 1070. The van der Waals surface area contributed by atoms with E-state index < -0.39 is 11.3 Å². The molecule has 140 valence electrons. The molecule has 1 unspecified atom stereocenters. The maximum absolute atomic E-state index is 12.7. The minimum absolute atomic E-state index is 0.182. The fourth-order valence-electron chi connectivity index (χ4n) is 2.96. The number of Topliss-reactive ketones (excluding diaryl/α,β-unsaturated/α-hetero) is 1. The van der Waals surface area contributed by atoms with Crippen LogP contribution in [-0.2, 0) is 4.79 Å². The molecule has 1 aliphatic heterocycles. The number of fused-ring (bicyclic) bond motifs is 1. The van der Waals surface area contributed by atoms with Crippen molar-refractivity contribution < 1.29 is 19.1 Å². The van der Waals surface area contributed by atoms with E-state index in [4.69, 9.17) is 21.1 Å². The molecule has 0 N–H and O–H groups in total. The molecule has 0 saturated heterocycles. The van der Waals surface area contributed by atoms with Crippen LogP contribution in [0.5, 0.6) is 11.5 Å². The first kappa shape index (κ1) is 18.5. The van der Waals surface area contributed by atoms with Gasteiger partial charge in [0.15, 0.2) is 11.1 Å². The Labute approximate surface area is 171 Å². The Morgan fingerprint density at radius 1 is 1.18 bits per heavy atom. The number of hydrogen-bond donors (Lipinski definition) is 0. The van der Waals surface area contributed by atoms with Gasteiger partial charge in [0, 0.05) is 17.0 Å². The molecule has 0 saturated carbocycles. The van der Waals surface area contributed by atoms with Crippen molar-refractivity contribution >= 4 is 40.8 Å². The molecule has 2 heterocycles. The zero-order valence-corrected chi connectivity index (χ0v) is 16.4. The second-order valence-electron chi connectivity index (χ2n) is 6.26. The molecular formula is C22H15ClO4S. The first-order valence-corrected chi connectivity index (χ1v) is 9.87. The number of esters is 1. The number of hydrogen-bond acceptors (Lipinski definition) is 5. The number of ether oxygens (including phenoxy) is 2. The standard InChI is InChI=1S/C22H15ClO4S/c1-13-10-15(26-22(25)20(23)14-6-3-2-4-7-14)11-17-19(13)21(24)18(27-17)12-16-8-5-9-28-16/h2-12,20H,1H3/b18-12-. The molecule has 1 atom stereocenters. The summed E-state index contributed by atoms with van der Waals surface area (Å²) < 4.78 is 11.2. The molecule has 0 radical (unpaired) electrons. The average molecular weight is 411 g/mol. The van der Waals surface area contributed by atoms with Gasteiger partial charge in [-0.15, -0.1) is 22.9 Å². The molecule has 0 aliphatic carbocycles. The fraction of sp³-hybridized carbons (Fsp3) is 0.0909. The molecule has 4 rings (SSSR count). The van der Waals surface area contributed by atoms with E-state index in [-0.39, 0.29) is 17.3 Å². The largest absolute Gasteiger partial charge is 0.452 e. The molecule has 1 aliphatic rings. The van der Waals surface area contributed by atoms with Crippen LogP contribution in [-0.4, -0.2) is 11.8 Å². The van der Waals surface area contributed by atoms with Gasteiger partial charge < -0.3 is 9.47 Å². The Kier molecular flexibility index (Phi) is 5.03. The second kappa shape index (κ2) is 7.62. The zero-order chi connectivity index (χ0) is 19.7. The van der Waals surface area contributed by atoms with Gasteiger partial charge in [-0.25, -0.2) is 4.79 Å². The molecule has 0 fully saturated rings. The second-order valence-corrected chi connectivity index (χ2v) is 7.68. The Balaban J connectivity index is 1.57. The topological polar surface area (TPSA) is 52.6 Å². The summed E-state index contributed by atoms with van der Waals surface area (Å²) in [6.45, 7) is 1.78. The molecule has 4 nitrogen and oxygen atoms in total. The van der Waals surface area contributed by atoms with E-state index in [0.717, 1.165) is 4.88 Å². The number of rotatable bonds is 4. The Hall–Kier alpha value is -2.89. The van der Waals surface area contributed by atoms with Crippen LogP contribution in [0.25, 0.3) is 6.08 Å². The van der Waals surface area contributed by atoms with Gasteiger partial charge in [-0.1, -0.05) is 36.4 Å². The quantitative estimate of drug-likeness (QED) is 0.244. The van der Waals surface area contributed by atoms with Crippen molar-refractivity contribution in [2.24, 2.45) is 0 Å². The summed E-state index contributed by atoms with van der Waals surface area (Å²) >= 11 is 7.74. The van der Waals surface area contributed by atoms with Crippen molar-refractivity contribution in [3.8, 4) is 11.5 Å². The number of ketones is 1. The summed E-state index contributed by atoms with van der Waals surface area (Å²) in [6.07, 6.45) is 1.71. The highest BCUT2D eigenvalue weighted by atomic mass is 35.5. The highest BCUT2D eigenvalue weighted by Gasteiger charge is 2.31. The van der Waals surface area contributed by atoms with E-state index in [1.54, 1.807) is 49.4 Å². The average Bonchev–Trinajstić information content (AvgIpc) is 3.30. The molecule has 0 bridgehead atoms. The monoisotopic (exact) mass is 410 g/mol. The minimum Gasteiger partial charge on any atom is -0.452 e. The highest BCUT2D eigenvalue weighted by molar-refractivity contribution is 7.10. The molecule has 28 heavy (non-hydrogen) atoms. The molecule has 3 aromatic rings. The Morgan fingerprint density at radius 2 is 1.96 bits per heavy atom. The molecule has 0 spiro atoms. The smallest absolute Gasteiger partial charge is 0.334 e. The third-order valence-electron chi connectivity index (χ3n) is 4.28. The van der Waals surface area contributed by atoms with Gasteiger partial charge in [0.25, 0.3) is 0 Å². The lowest BCUT2D eigenvalue weighted by atomic mass is 10.0. The molecule has 1 aromatic heterocycles. The van der Waals surface area contributed by atoms with Gasteiger partial charge in [-0.3, -0.25) is 4.79 Å². The van der Waals surface area contributed by atoms with E-state index >= 15 is 0 Å². The number of carbonyl (C=O) groups excluding carboxylic acids is 2. The number of halogens is 1. The summed E-state index contributed by atoms with van der Waals surface area (Å²) in [5.41, 5.74) is 1.80. The van der Waals surface area contributed by atoms with Crippen LogP contribution in [0.15, 0.2) is 65.7 Å². The predicted molar refractivity (Wildman–Crippen MR) is 109 cm³/mol. The maximum Gasteiger partial charge on any atom is 0.334 e. The summed E-state index contributed by atoms with van der Waals surface area (Å²) in [6, 6.07) is 16.0. The van der Waals surface area contributed by atoms with Crippen molar-refractivity contribution in [1.29, 1.82) is 0 Å². The van der Waals surface area contributed by atoms with E-state index in [2.05, 4.69) is 0 Å². The van der Waals surface area contributed by atoms with Gasteiger partial charge in [-0.05, 0) is 35.6 Å². The van der Waals surface area contributed by atoms with Crippen molar-refractivity contribution in [3.63, 3.8) is 0 Å². The van der Waals surface area contributed by atoms with Crippen LogP contribution in [0.3, 0.4) is 0 Å².